The van der Waals surface area contributed by atoms with Gasteiger partial charge < -0.3 is 10.5 Å². The molecule has 0 saturated carbocycles. The maximum atomic E-state index is 11.9. The Balaban J connectivity index is 2.80. The Bertz CT molecular complexity index is 418. The first-order valence-electron chi connectivity index (χ1n) is 6.19. The summed E-state index contributed by atoms with van der Waals surface area (Å²) in [6.45, 7) is 6.15. The van der Waals surface area contributed by atoms with E-state index in [1.807, 2.05) is 25.1 Å². The van der Waals surface area contributed by atoms with Crippen molar-refractivity contribution in [2.45, 2.75) is 26.8 Å². The van der Waals surface area contributed by atoms with Gasteiger partial charge in [-0.2, -0.15) is 0 Å². The van der Waals surface area contributed by atoms with Crippen molar-refractivity contribution in [1.82, 2.24) is 0 Å². The average Bonchev–Trinajstić information content (AvgIpc) is 2.27. The highest BCUT2D eigenvalue weighted by atomic mass is 32.2. The van der Waals surface area contributed by atoms with Crippen molar-refractivity contribution in [3.63, 3.8) is 0 Å². The zero-order chi connectivity index (χ0) is 13.7. The monoisotopic (exact) mass is 269 g/mol. The van der Waals surface area contributed by atoms with Crippen LogP contribution in [0.1, 0.15) is 31.0 Å². The Morgan fingerprint density at radius 3 is 2.56 bits per heavy atom. The summed E-state index contributed by atoms with van der Waals surface area (Å²) >= 11 is 0. The minimum Gasteiger partial charge on any atom is -0.496 e. The zero-order valence-electron chi connectivity index (χ0n) is 11.6. The molecule has 0 radical (unpaired) electrons. The molecule has 2 unspecified atom stereocenters. The molecule has 0 aromatic heterocycles. The summed E-state index contributed by atoms with van der Waals surface area (Å²) < 4.78 is 17.2. The Morgan fingerprint density at radius 1 is 1.33 bits per heavy atom. The summed E-state index contributed by atoms with van der Waals surface area (Å²) in [7, 11) is 0.753. The summed E-state index contributed by atoms with van der Waals surface area (Å²) in [4.78, 5) is 0. The van der Waals surface area contributed by atoms with Gasteiger partial charge in [-0.3, -0.25) is 4.21 Å². The van der Waals surface area contributed by atoms with Gasteiger partial charge in [-0.05, 0) is 18.9 Å². The van der Waals surface area contributed by atoms with E-state index in [4.69, 9.17) is 10.5 Å². The highest BCUT2D eigenvalue weighted by Crippen LogP contribution is 2.25. The molecule has 4 heteroatoms. The van der Waals surface area contributed by atoms with Gasteiger partial charge in [0.25, 0.3) is 0 Å². The minimum atomic E-state index is -0.878. The van der Waals surface area contributed by atoms with E-state index in [0.29, 0.717) is 17.4 Å². The molecule has 0 bridgehead atoms. The first kappa shape index (κ1) is 15.2. The van der Waals surface area contributed by atoms with E-state index in [1.54, 1.807) is 7.11 Å². The lowest BCUT2D eigenvalue weighted by molar-refractivity contribution is 0.407. The van der Waals surface area contributed by atoms with Crippen LogP contribution < -0.4 is 10.5 Å². The quantitative estimate of drug-likeness (QED) is 0.863. The van der Waals surface area contributed by atoms with Crippen molar-refractivity contribution in [3.05, 3.63) is 29.3 Å². The second-order valence-electron chi connectivity index (χ2n) is 5.02. The van der Waals surface area contributed by atoms with Crippen molar-refractivity contribution in [2.24, 2.45) is 11.7 Å². The maximum absolute atomic E-state index is 11.9. The molecule has 1 aromatic rings. The van der Waals surface area contributed by atoms with Crippen LogP contribution in [0.4, 0.5) is 0 Å². The van der Waals surface area contributed by atoms with Crippen molar-refractivity contribution in [2.75, 3.05) is 18.6 Å². The van der Waals surface area contributed by atoms with Gasteiger partial charge in [0.2, 0.25) is 0 Å². The van der Waals surface area contributed by atoms with E-state index >= 15 is 0 Å². The summed E-state index contributed by atoms with van der Waals surface area (Å²) in [6.07, 6.45) is 0. The van der Waals surface area contributed by atoms with Crippen LogP contribution in [0.2, 0.25) is 0 Å². The lowest BCUT2D eigenvalue weighted by Gasteiger charge is -2.16. The van der Waals surface area contributed by atoms with Gasteiger partial charge in [-0.15, -0.1) is 0 Å². The van der Waals surface area contributed by atoms with Gasteiger partial charge in [0, 0.05) is 33.9 Å². The number of hydrogen-bond donors (Lipinski definition) is 1. The molecular weight excluding hydrogens is 246 g/mol. The topological polar surface area (TPSA) is 52.3 Å². The van der Waals surface area contributed by atoms with Crippen molar-refractivity contribution < 1.29 is 8.95 Å². The molecule has 0 aliphatic carbocycles. The second kappa shape index (κ2) is 6.90. The van der Waals surface area contributed by atoms with Gasteiger partial charge in [-0.25, -0.2) is 0 Å². The van der Waals surface area contributed by atoms with Crippen LogP contribution in [0.3, 0.4) is 0 Å². The number of benzene rings is 1. The predicted molar refractivity (Wildman–Crippen MR) is 77.4 cm³/mol. The van der Waals surface area contributed by atoms with Crippen LogP contribution in [0.15, 0.2) is 18.2 Å². The van der Waals surface area contributed by atoms with Gasteiger partial charge in [-0.1, -0.05) is 31.5 Å². The van der Waals surface area contributed by atoms with Crippen LogP contribution in [0.5, 0.6) is 5.75 Å². The van der Waals surface area contributed by atoms with Crippen LogP contribution in [-0.2, 0) is 10.8 Å². The molecule has 0 fully saturated rings. The van der Waals surface area contributed by atoms with E-state index in [9.17, 15) is 4.21 Å². The fourth-order valence-electron chi connectivity index (χ4n) is 1.87. The van der Waals surface area contributed by atoms with Crippen LogP contribution in [0.25, 0.3) is 0 Å². The van der Waals surface area contributed by atoms with E-state index in [0.717, 1.165) is 16.9 Å². The number of rotatable bonds is 6. The maximum Gasteiger partial charge on any atom is 0.123 e. The van der Waals surface area contributed by atoms with Crippen molar-refractivity contribution >= 4 is 10.8 Å². The fourth-order valence-corrected chi connectivity index (χ4v) is 3.33. The molecule has 0 aliphatic heterocycles. The van der Waals surface area contributed by atoms with Crippen molar-refractivity contribution in [3.8, 4) is 5.75 Å². The molecule has 0 heterocycles. The van der Waals surface area contributed by atoms with E-state index in [-0.39, 0.29) is 6.04 Å². The Morgan fingerprint density at radius 2 is 2.00 bits per heavy atom. The Hall–Kier alpha value is -0.870. The van der Waals surface area contributed by atoms with Crippen LogP contribution in [0, 0.1) is 12.8 Å². The predicted octanol–water partition coefficient (Wildman–Crippen LogP) is 2.41. The van der Waals surface area contributed by atoms with E-state index in [2.05, 4.69) is 13.8 Å². The number of hydrogen-bond acceptors (Lipinski definition) is 3. The first-order valence-corrected chi connectivity index (χ1v) is 7.68. The second-order valence-corrected chi connectivity index (χ2v) is 6.57. The molecule has 3 nitrogen and oxygen atoms in total. The molecule has 1 aromatic carbocycles. The Kier molecular flexibility index (Phi) is 5.82. The summed E-state index contributed by atoms with van der Waals surface area (Å²) in [5.41, 5.74) is 8.22. The number of nitrogens with two attached hydrogens (primary N) is 1. The number of aryl methyl sites for hydroxylation is 1. The van der Waals surface area contributed by atoms with Gasteiger partial charge in [0.15, 0.2) is 0 Å². The highest BCUT2D eigenvalue weighted by Gasteiger charge is 2.15. The lowest BCUT2D eigenvalue weighted by atomic mass is 10.1. The van der Waals surface area contributed by atoms with E-state index < -0.39 is 10.8 Å². The summed E-state index contributed by atoms with van der Waals surface area (Å²) in [6, 6.07) is 5.67. The highest BCUT2D eigenvalue weighted by molar-refractivity contribution is 7.85. The largest absolute Gasteiger partial charge is 0.496 e. The van der Waals surface area contributed by atoms with Crippen LogP contribution in [-0.4, -0.2) is 22.8 Å². The molecule has 0 saturated heterocycles. The molecule has 2 atom stereocenters. The third-order valence-corrected chi connectivity index (χ3v) is 4.44. The minimum absolute atomic E-state index is 0.237. The SMILES string of the molecule is COc1ccc(C)cc1C(N)CS(=O)CC(C)C. The molecule has 102 valence electrons. The summed E-state index contributed by atoms with van der Waals surface area (Å²) in [5, 5.41) is 0. The van der Waals surface area contributed by atoms with Gasteiger partial charge >= 0.3 is 0 Å². The molecule has 1 rings (SSSR count). The molecule has 0 spiro atoms. The molecule has 0 amide bonds. The average molecular weight is 269 g/mol. The molecule has 0 aliphatic rings. The first-order chi connectivity index (χ1) is 8.43. The van der Waals surface area contributed by atoms with Crippen LogP contribution >= 0.6 is 0 Å². The third kappa shape index (κ3) is 4.42. The zero-order valence-corrected chi connectivity index (χ0v) is 12.4. The molecule has 18 heavy (non-hydrogen) atoms. The standard InChI is InChI=1S/C14H23NO2S/c1-10(2)8-18(16)9-13(15)12-7-11(3)5-6-14(12)17-4/h5-7,10,13H,8-9,15H2,1-4H3. The van der Waals surface area contributed by atoms with Gasteiger partial charge in [0.1, 0.15) is 5.75 Å². The normalized spacial score (nSPS) is 14.6. The molecule has 2 N–H and O–H groups in total. The van der Waals surface area contributed by atoms with E-state index in [1.165, 1.54) is 0 Å². The molecular formula is C14H23NO2S. The smallest absolute Gasteiger partial charge is 0.123 e. The van der Waals surface area contributed by atoms with Gasteiger partial charge in [0.05, 0.1) is 7.11 Å². The van der Waals surface area contributed by atoms with Crippen molar-refractivity contribution in [1.29, 1.82) is 0 Å². The fraction of sp³-hybridized carbons (Fsp3) is 0.571. The third-order valence-electron chi connectivity index (χ3n) is 2.67. The Labute approximate surface area is 112 Å². The lowest BCUT2D eigenvalue weighted by Crippen LogP contribution is -2.21. The number of ether oxygens (including phenoxy) is 1. The summed E-state index contributed by atoms with van der Waals surface area (Å²) in [5.74, 6) is 2.38. The number of methoxy groups -OCH3 is 1.